The zero-order chi connectivity index (χ0) is 11.6. The van der Waals surface area contributed by atoms with Gasteiger partial charge >= 0.3 is 0 Å². The number of hydrogen-bond donors (Lipinski definition) is 5. The number of ether oxygens (including phenoxy) is 1. The van der Waals surface area contributed by atoms with E-state index in [9.17, 15) is 20.1 Å². The van der Waals surface area contributed by atoms with Crippen molar-refractivity contribution >= 4 is 5.91 Å². The van der Waals surface area contributed by atoms with Gasteiger partial charge in [0.05, 0.1) is 6.61 Å². The van der Waals surface area contributed by atoms with Gasteiger partial charge in [-0.2, -0.15) is 0 Å². The Morgan fingerprint density at radius 2 is 1.93 bits per heavy atom. The van der Waals surface area contributed by atoms with Crippen LogP contribution in [0, 0.1) is 0 Å². The molecule has 1 aliphatic heterocycles. The number of rotatable bonds is 2. The van der Waals surface area contributed by atoms with Gasteiger partial charge in [0.25, 0.3) is 0 Å². The summed E-state index contributed by atoms with van der Waals surface area (Å²) in [5, 5.41) is 39.4. The third kappa shape index (κ3) is 2.64. The normalized spacial score (nSPS) is 41.3. The highest BCUT2D eigenvalue weighted by atomic mass is 16.6. The smallest absolute Gasteiger partial charge is 0.217 e. The molecule has 0 aromatic carbocycles. The zero-order valence-electron chi connectivity index (χ0n) is 8.20. The van der Waals surface area contributed by atoms with Crippen LogP contribution in [0.2, 0.25) is 0 Å². The topological polar surface area (TPSA) is 119 Å². The molecule has 0 saturated carbocycles. The number of nitrogens with one attached hydrogen (secondary N) is 1. The van der Waals surface area contributed by atoms with E-state index in [0.29, 0.717) is 0 Å². The van der Waals surface area contributed by atoms with Gasteiger partial charge in [-0.1, -0.05) is 0 Å². The number of carbonyl (C=O) groups is 1. The van der Waals surface area contributed by atoms with Crippen molar-refractivity contribution in [2.45, 2.75) is 37.6 Å². The van der Waals surface area contributed by atoms with E-state index >= 15 is 0 Å². The maximum Gasteiger partial charge on any atom is 0.217 e. The monoisotopic (exact) mass is 221 g/mol. The first kappa shape index (κ1) is 12.3. The van der Waals surface area contributed by atoms with Crippen LogP contribution in [-0.2, 0) is 9.53 Å². The van der Waals surface area contributed by atoms with E-state index in [1.807, 2.05) is 0 Å². The molecule has 7 nitrogen and oxygen atoms in total. The third-order valence-corrected chi connectivity index (χ3v) is 2.27. The molecule has 0 aromatic rings. The van der Waals surface area contributed by atoms with Crippen LogP contribution in [0.25, 0.3) is 0 Å². The van der Waals surface area contributed by atoms with Crippen LogP contribution in [0.4, 0.5) is 0 Å². The zero-order valence-corrected chi connectivity index (χ0v) is 8.20. The SMILES string of the molecule is CC(=O)NC1[C@H](O)O[C@H](CO)[C@@H](O)[C@@H]1O. The molecule has 0 spiro atoms. The van der Waals surface area contributed by atoms with Crippen molar-refractivity contribution in [2.24, 2.45) is 0 Å². The minimum Gasteiger partial charge on any atom is -0.394 e. The lowest BCUT2D eigenvalue weighted by atomic mass is 9.97. The van der Waals surface area contributed by atoms with Gasteiger partial charge in [0, 0.05) is 6.92 Å². The summed E-state index contributed by atoms with van der Waals surface area (Å²) in [5.74, 6) is -0.462. The molecule has 5 atom stereocenters. The Morgan fingerprint density at radius 1 is 1.33 bits per heavy atom. The first-order valence-corrected chi connectivity index (χ1v) is 4.55. The third-order valence-electron chi connectivity index (χ3n) is 2.27. The highest BCUT2D eigenvalue weighted by molar-refractivity contribution is 5.73. The number of amides is 1. The lowest BCUT2D eigenvalue weighted by Crippen LogP contribution is -2.63. The second kappa shape index (κ2) is 4.86. The van der Waals surface area contributed by atoms with Crippen molar-refractivity contribution in [3.8, 4) is 0 Å². The van der Waals surface area contributed by atoms with Gasteiger partial charge < -0.3 is 30.5 Å². The Kier molecular flexibility index (Phi) is 4.00. The van der Waals surface area contributed by atoms with Crippen LogP contribution < -0.4 is 5.32 Å². The molecule has 1 unspecified atom stereocenters. The molecule has 0 aromatic heterocycles. The summed E-state index contributed by atoms with van der Waals surface area (Å²) in [7, 11) is 0. The molecule has 1 fully saturated rings. The van der Waals surface area contributed by atoms with Crippen molar-refractivity contribution < 1.29 is 30.0 Å². The van der Waals surface area contributed by atoms with Crippen molar-refractivity contribution in [3.05, 3.63) is 0 Å². The van der Waals surface area contributed by atoms with Crippen molar-refractivity contribution in [2.75, 3.05) is 6.61 Å². The molecule has 1 saturated heterocycles. The molecular formula is C8H15NO6. The minimum absolute atomic E-state index is 0.462. The van der Waals surface area contributed by atoms with Gasteiger partial charge in [0.1, 0.15) is 24.4 Å². The summed E-state index contributed by atoms with van der Waals surface area (Å²) in [6.07, 6.45) is -5.24. The minimum atomic E-state index is -1.45. The molecule has 1 amide bonds. The lowest BCUT2D eigenvalue weighted by Gasteiger charge is -2.40. The molecule has 1 heterocycles. The van der Waals surface area contributed by atoms with Crippen LogP contribution in [0.5, 0.6) is 0 Å². The lowest BCUT2D eigenvalue weighted by molar-refractivity contribution is -0.253. The second-order valence-electron chi connectivity index (χ2n) is 3.46. The maximum absolute atomic E-state index is 10.7. The Bertz CT molecular complexity index is 235. The quantitative estimate of drug-likeness (QED) is 0.337. The highest BCUT2D eigenvalue weighted by Crippen LogP contribution is 2.19. The van der Waals surface area contributed by atoms with Gasteiger partial charge in [-0.05, 0) is 0 Å². The number of aliphatic hydroxyl groups excluding tert-OH is 4. The van der Waals surface area contributed by atoms with E-state index < -0.39 is 43.2 Å². The average molecular weight is 221 g/mol. The van der Waals surface area contributed by atoms with E-state index in [2.05, 4.69) is 5.32 Å². The fourth-order valence-corrected chi connectivity index (χ4v) is 1.49. The number of hydrogen-bond acceptors (Lipinski definition) is 6. The van der Waals surface area contributed by atoms with E-state index in [-0.39, 0.29) is 0 Å². The Morgan fingerprint density at radius 3 is 2.40 bits per heavy atom. The largest absolute Gasteiger partial charge is 0.394 e. The summed E-state index contributed by atoms with van der Waals surface area (Å²) in [4.78, 5) is 10.7. The molecule has 0 radical (unpaired) electrons. The van der Waals surface area contributed by atoms with E-state index in [1.54, 1.807) is 0 Å². The van der Waals surface area contributed by atoms with E-state index in [1.165, 1.54) is 6.92 Å². The molecule has 0 aliphatic carbocycles. The standard InChI is InChI=1S/C8H15NO6/c1-3(11)9-5-7(13)6(12)4(2-10)15-8(5)14/h4-8,10,12-14H,2H2,1H3,(H,9,11)/t4-,5?,6-,7-,8-/m1/s1. The first-order valence-electron chi connectivity index (χ1n) is 4.55. The molecule has 1 aliphatic rings. The van der Waals surface area contributed by atoms with E-state index in [4.69, 9.17) is 9.84 Å². The molecule has 88 valence electrons. The predicted octanol–water partition coefficient (Wildman–Crippen LogP) is -3.08. The summed E-state index contributed by atoms with van der Waals surface area (Å²) in [6.45, 7) is 0.687. The summed E-state index contributed by atoms with van der Waals surface area (Å²) in [5.41, 5.74) is 0. The summed E-state index contributed by atoms with van der Waals surface area (Å²) < 4.78 is 4.81. The van der Waals surface area contributed by atoms with Crippen LogP contribution in [0.1, 0.15) is 6.92 Å². The van der Waals surface area contributed by atoms with Crippen molar-refractivity contribution in [3.63, 3.8) is 0 Å². The molecule has 15 heavy (non-hydrogen) atoms. The summed E-state index contributed by atoms with van der Waals surface area (Å²) >= 11 is 0. The van der Waals surface area contributed by atoms with Crippen LogP contribution in [0.3, 0.4) is 0 Å². The van der Waals surface area contributed by atoms with Gasteiger partial charge in [-0.25, -0.2) is 0 Å². The van der Waals surface area contributed by atoms with Crippen LogP contribution in [-0.4, -0.2) is 63.6 Å². The van der Waals surface area contributed by atoms with E-state index in [0.717, 1.165) is 0 Å². The highest BCUT2D eigenvalue weighted by Gasteiger charge is 2.43. The van der Waals surface area contributed by atoms with Gasteiger partial charge in [0.15, 0.2) is 6.29 Å². The maximum atomic E-state index is 10.7. The van der Waals surface area contributed by atoms with Gasteiger partial charge in [0.2, 0.25) is 5.91 Å². The van der Waals surface area contributed by atoms with Gasteiger partial charge in [-0.15, -0.1) is 0 Å². The Labute approximate surface area is 86.3 Å². The molecule has 1 rings (SSSR count). The predicted molar refractivity (Wildman–Crippen MR) is 47.6 cm³/mol. The molecular weight excluding hydrogens is 206 g/mol. The van der Waals surface area contributed by atoms with Gasteiger partial charge in [-0.3, -0.25) is 4.79 Å². The molecule has 7 heteroatoms. The molecule has 5 N–H and O–H groups in total. The van der Waals surface area contributed by atoms with Crippen LogP contribution in [0.15, 0.2) is 0 Å². The van der Waals surface area contributed by atoms with Crippen LogP contribution >= 0.6 is 0 Å². The number of aliphatic hydroxyl groups is 4. The fraction of sp³-hybridized carbons (Fsp3) is 0.875. The Hall–Kier alpha value is -0.730. The second-order valence-corrected chi connectivity index (χ2v) is 3.46. The summed E-state index contributed by atoms with van der Waals surface area (Å²) in [6, 6.07) is -1.10. The molecule has 0 bridgehead atoms. The Balaban J connectivity index is 2.70. The van der Waals surface area contributed by atoms with Crippen molar-refractivity contribution in [1.82, 2.24) is 5.32 Å². The fourth-order valence-electron chi connectivity index (χ4n) is 1.49. The first-order chi connectivity index (χ1) is 6.97. The average Bonchev–Trinajstić information content (AvgIpc) is 2.18. The van der Waals surface area contributed by atoms with Crippen molar-refractivity contribution in [1.29, 1.82) is 0 Å². The number of carbonyl (C=O) groups excluding carboxylic acids is 1.